The molecule has 0 spiro atoms. The molecule has 59 valence electrons. The second-order valence-electron chi connectivity index (χ2n) is 2.91. The fourth-order valence-electron chi connectivity index (χ4n) is 1.56. The average molecular weight is 173 g/mol. The molecule has 0 saturated carbocycles. The van der Waals surface area contributed by atoms with Crippen molar-refractivity contribution in [3.63, 3.8) is 0 Å². The molecule has 3 radical (unpaired) electrons. The third-order valence-corrected chi connectivity index (χ3v) is 2.33. The van der Waals surface area contributed by atoms with E-state index in [0.29, 0.717) is 12.5 Å². The second kappa shape index (κ2) is 3.25. The fraction of sp³-hybridized carbons (Fsp3) is 0.200. The third-order valence-electron chi connectivity index (χ3n) is 2.17. The van der Waals surface area contributed by atoms with Crippen LogP contribution < -0.4 is 0 Å². The summed E-state index contributed by atoms with van der Waals surface area (Å²) >= 11 is 0. The summed E-state index contributed by atoms with van der Waals surface area (Å²) in [5, 5.41) is 0. The van der Waals surface area contributed by atoms with Gasteiger partial charge < -0.3 is 4.43 Å². The van der Waals surface area contributed by atoms with Crippen LogP contribution >= 0.6 is 0 Å². The maximum atomic E-state index is 4.94. The Kier molecular flexibility index (Phi) is 2.10. The van der Waals surface area contributed by atoms with Crippen molar-refractivity contribution in [2.24, 2.45) is 0 Å². The molecule has 0 amide bonds. The zero-order valence-electron chi connectivity index (χ0n) is 6.66. The molecule has 0 aliphatic heterocycles. The Bertz CT molecular complexity index is 306. The van der Waals surface area contributed by atoms with Crippen molar-refractivity contribution in [3.05, 3.63) is 41.5 Å². The lowest BCUT2D eigenvalue weighted by molar-refractivity contribution is 0.337. The molecule has 0 N–H and O–H groups in total. The Morgan fingerprint density at radius 2 is 2.17 bits per heavy atom. The lowest BCUT2D eigenvalue weighted by atomic mass is 10.0. The summed E-state index contributed by atoms with van der Waals surface area (Å²) in [4.78, 5) is 0. The highest BCUT2D eigenvalue weighted by Crippen LogP contribution is 2.29. The summed E-state index contributed by atoms with van der Waals surface area (Å²) in [6.07, 6.45) is 4.32. The van der Waals surface area contributed by atoms with Crippen LogP contribution in [0.15, 0.2) is 30.3 Å². The molecule has 0 bridgehead atoms. The quantitative estimate of drug-likeness (QED) is 0.621. The zero-order chi connectivity index (χ0) is 8.39. The van der Waals surface area contributed by atoms with Crippen molar-refractivity contribution < 1.29 is 4.43 Å². The summed E-state index contributed by atoms with van der Waals surface area (Å²) in [6, 6.07) is 8.39. The smallest absolute Gasteiger partial charge is 0.246 e. The minimum Gasteiger partial charge on any atom is -0.418 e. The molecule has 1 nitrogen and oxygen atoms in total. The third kappa shape index (κ3) is 1.23. The molecule has 1 aliphatic rings. The van der Waals surface area contributed by atoms with E-state index in [-0.39, 0.29) is 0 Å². The first-order chi connectivity index (χ1) is 5.92. The molecule has 12 heavy (non-hydrogen) atoms. The first-order valence-electron chi connectivity index (χ1n) is 3.97. The van der Waals surface area contributed by atoms with Gasteiger partial charge in [-0.05, 0) is 11.1 Å². The van der Waals surface area contributed by atoms with Gasteiger partial charge >= 0.3 is 0 Å². The Labute approximate surface area is 75.6 Å². The van der Waals surface area contributed by atoms with Gasteiger partial charge in [-0.3, -0.25) is 0 Å². The molecule has 1 atom stereocenters. The summed E-state index contributed by atoms with van der Waals surface area (Å²) in [5.41, 5.74) is 2.67. The van der Waals surface area contributed by atoms with Crippen molar-refractivity contribution in [3.8, 4) is 0 Å². The van der Waals surface area contributed by atoms with Crippen molar-refractivity contribution in [1.29, 1.82) is 0 Å². The Morgan fingerprint density at radius 1 is 1.33 bits per heavy atom. The van der Waals surface area contributed by atoms with Gasteiger partial charge in [0, 0.05) is 12.5 Å². The van der Waals surface area contributed by atoms with Crippen LogP contribution in [-0.2, 0) is 4.43 Å². The molecule has 1 aliphatic carbocycles. The Hall–Kier alpha value is -0.863. The molecule has 1 unspecified atom stereocenters. The Morgan fingerprint density at radius 3 is 3.00 bits per heavy atom. The SMILES string of the molecule is [Si]OCC1C=Cc2ccccc21. The van der Waals surface area contributed by atoms with Gasteiger partial charge in [0.1, 0.15) is 0 Å². The highest BCUT2D eigenvalue weighted by atomic mass is 28.2. The molecule has 2 rings (SSSR count). The van der Waals surface area contributed by atoms with E-state index in [1.54, 1.807) is 0 Å². The van der Waals surface area contributed by atoms with Gasteiger partial charge in [-0.15, -0.1) is 0 Å². The number of rotatable bonds is 2. The second-order valence-corrected chi connectivity index (χ2v) is 3.19. The van der Waals surface area contributed by atoms with Gasteiger partial charge in [0.25, 0.3) is 0 Å². The molecule has 1 aromatic rings. The minimum absolute atomic E-state index is 0.415. The maximum absolute atomic E-state index is 4.94. The number of fused-ring (bicyclic) bond motifs is 1. The number of hydrogen-bond acceptors (Lipinski definition) is 1. The largest absolute Gasteiger partial charge is 0.418 e. The molecule has 0 fully saturated rings. The molecule has 2 heteroatoms. The van der Waals surface area contributed by atoms with Crippen LogP contribution in [0.25, 0.3) is 6.08 Å². The van der Waals surface area contributed by atoms with Crippen LogP contribution in [0.3, 0.4) is 0 Å². The van der Waals surface area contributed by atoms with E-state index in [0.717, 1.165) is 0 Å². The van der Waals surface area contributed by atoms with Gasteiger partial charge in [-0.2, -0.15) is 0 Å². The van der Waals surface area contributed by atoms with Crippen LogP contribution in [0, 0.1) is 0 Å². The van der Waals surface area contributed by atoms with Gasteiger partial charge in [-0.1, -0.05) is 36.4 Å². The average Bonchev–Trinajstić information content (AvgIpc) is 2.50. The van der Waals surface area contributed by atoms with Gasteiger partial charge in [0.2, 0.25) is 10.5 Å². The lowest BCUT2D eigenvalue weighted by Gasteiger charge is -2.08. The molecular formula is C10H9OSi. The Balaban J connectivity index is 2.30. The summed E-state index contributed by atoms with van der Waals surface area (Å²) < 4.78 is 4.94. The highest BCUT2D eigenvalue weighted by molar-refractivity contribution is 5.98. The van der Waals surface area contributed by atoms with Crippen LogP contribution in [0.5, 0.6) is 0 Å². The fourth-order valence-corrected chi connectivity index (χ4v) is 1.74. The zero-order valence-corrected chi connectivity index (χ0v) is 7.66. The minimum atomic E-state index is 0.415. The van der Waals surface area contributed by atoms with Gasteiger partial charge in [0.15, 0.2) is 0 Å². The van der Waals surface area contributed by atoms with E-state index < -0.39 is 0 Å². The van der Waals surface area contributed by atoms with Crippen LogP contribution in [-0.4, -0.2) is 17.1 Å². The van der Waals surface area contributed by atoms with Crippen molar-refractivity contribution in [2.45, 2.75) is 5.92 Å². The predicted molar refractivity (Wildman–Crippen MR) is 49.9 cm³/mol. The summed E-state index contributed by atoms with van der Waals surface area (Å²) in [5.74, 6) is 0.415. The van der Waals surface area contributed by atoms with E-state index in [2.05, 4.69) is 46.9 Å². The van der Waals surface area contributed by atoms with Crippen molar-refractivity contribution in [1.82, 2.24) is 0 Å². The summed E-state index contributed by atoms with van der Waals surface area (Å²) in [6.45, 7) is 0.699. The van der Waals surface area contributed by atoms with E-state index in [1.165, 1.54) is 11.1 Å². The number of benzene rings is 1. The normalized spacial score (nSPS) is 19.6. The van der Waals surface area contributed by atoms with Crippen molar-refractivity contribution >= 4 is 16.6 Å². The number of hydrogen-bond donors (Lipinski definition) is 0. The molecule has 0 heterocycles. The van der Waals surface area contributed by atoms with Crippen LogP contribution in [0.4, 0.5) is 0 Å². The first-order valence-corrected chi connectivity index (χ1v) is 4.38. The predicted octanol–water partition coefficient (Wildman–Crippen LogP) is 1.90. The van der Waals surface area contributed by atoms with Crippen LogP contribution in [0.1, 0.15) is 17.0 Å². The van der Waals surface area contributed by atoms with E-state index in [4.69, 9.17) is 4.43 Å². The standard InChI is InChI=1S/C10H9OSi/c12-11-7-9-6-5-8-3-1-2-4-10(8)9/h1-6,9H,7H2. The maximum Gasteiger partial charge on any atom is 0.246 e. The molecular weight excluding hydrogens is 164 g/mol. The monoisotopic (exact) mass is 173 g/mol. The highest BCUT2D eigenvalue weighted by Gasteiger charge is 2.15. The van der Waals surface area contributed by atoms with Gasteiger partial charge in [0.05, 0.1) is 0 Å². The topological polar surface area (TPSA) is 9.23 Å². The molecule has 0 saturated heterocycles. The van der Waals surface area contributed by atoms with Crippen LogP contribution in [0.2, 0.25) is 0 Å². The molecule has 1 aromatic carbocycles. The first kappa shape index (κ1) is 7.77. The van der Waals surface area contributed by atoms with E-state index in [1.807, 2.05) is 0 Å². The summed E-state index contributed by atoms with van der Waals surface area (Å²) in [7, 11) is 3.02. The van der Waals surface area contributed by atoms with Gasteiger partial charge in [-0.25, -0.2) is 0 Å². The lowest BCUT2D eigenvalue weighted by Crippen LogP contribution is -2.01. The van der Waals surface area contributed by atoms with Crippen molar-refractivity contribution in [2.75, 3.05) is 6.61 Å². The molecule has 0 aromatic heterocycles. The van der Waals surface area contributed by atoms with E-state index >= 15 is 0 Å². The van der Waals surface area contributed by atoms with E-state index in [9.17, 15) is 0 Å².